The molecule has 0 heterocycles. The Bertz CT molecular complexity index is 392. The van der Waals surface area contributed by atoms with E-state index in [-0.39, 0.29) is 11.4 Å². The molecule has 0 aliphatic rings. The van der Waals surface area contributed by atoms with Crippen LogP contribution in [-0.4, -0.2) is 17.1 Å². The zero-order chi connectivity index (χ0) is 11.6. The van der Waals surface area contributed by atoms with Crippen LogP contribution in [0.1, 0.15) is 18.6 Å². The first-order valence-corrected chi connectivity index (χ1v) is 4.96. The predicted octanol–water partition coefficient (Wildman–Crippen LogP) is 2.42. The Balaban J connectivity index is 3.38. The summed E-state index contributed by atoms with van der Waals surface area (Å²) in [5, 5.41) is 20.1. The molecule has 1 aromatic carbocycles. The van der Waals surface area contributed by atoms with Crippen LogP contribution in [0, 0.1) is 10.1 Å². The van der Waals surface area contributed by atoms with Crippen molar-refractivity contribution in [3.05, 3.63) is 32.3 Å². The van der Waals surface area contributed by atoms with Gasteiger partial charge in [-0.05, 0) is 34.5 Å². The second kappa shape index (κ2) is 4.59. The molecule has 0 radical (unpaired) electrons. The molecule has 1 atom stereocenters. The molecule has 6 heteroatoms. The molecule has 1 unspecified atom stereocenters. The molecule has 0 saturated carbocycles. The summed E-state index contributed by atoms with van der Waals surface area (Å²) in [4.78, 5) is 10.2. The summed E-state index contributed by atoms with van der Waals surface area (Å²) in [6.45, 7) is 1.54. The van der Waals surface area contributed by atoms with E-state index >= 15 is 0 Å². The van der Waals surface area contributed by atoms with E-state index in [2.05, 4.69) is 15.9 Å². The van der Waals surface area contributed by atoms with Gasteiger partial charge in [-0.1, -0.05) is 0 Å². The van der Waals surface area contributed by atoms with Crippen molar-refractivity contribution in [2.75, 3.05) is 7.11 Å². The fourth-order valence-corrected chi connectivity index (χ4v) is 1.81. The number of halogens is 1. The van der Waals surface area contributed by atoms with Crippen LogP contribution in [0.25, 0.3) is 0 Å². The lowest BCUT2D eigenvalue weighted by Gasteiger charge is -2.09. The third-order valence-electron chi connectivity index (χ3n) is 1.93. The van der Waals surface area contributed by atoms with Gasteiger partial charge in [-0.25, -0.2) is 0 Å². The monoisotopic (exact) mass is 275 g/mol. The Morgan fingerprint density at radius 3 is 2.60 bits per heavy atom. The molecule has 0 aromatic heterocycles. The van der Waals surface area contributed by atoms with Gasteiger partial charge in [0.1, 0.15) is 0 Å². The second-order valence-corrected chi connectivity index (χ2v) is 3.84. The highest BCUT2D eigenvalue weighted by Gasteiger charge is 2.20. The largest absolute Gasteiger partial charge is 0.489 e. The molecule has 1 aromatic rings. The van der Waals surface area contributed by atoms with E-state index in [4.69, 9.17) is 4.74 Å². The van der Waals surface area contributed by atoms with Gasteiger partial charge in [-0.15, -0.1) is 0 Å². The molecule has 0 amide bonds. The average molecular weight is 276 g/mol. The number of ether oxygens (including phenoxy) is 1. The number of nitrogens with zero attached hydrogens (tertiary/aromatic N) is 1. The summed E-state index contributed by atoms with van der Waals surface area (Å²) in [5.41, 5.74) is 0.303. The van der Waals surface area contributed by atoms with Gasteiger partial charge in [-0.3, -0.25) is 10.1 Å². The van der Waals surface area contributed by atoms with Crippen LogP contribution in [0.4, 0.5) is 5.69 Å². The van der Waals surface area contributed by atoms with E-state index in [0.717, 1.165) is 0 Å². The van der Waals surface area contributed by atoms with Crippen molar-refractivity contribution in [3.8, 4) is 5.75 Å². The van der Waals surface area contributed by atoms with E-state index in [1.165, 1.54) is 20.1 Å². The molecule has 0 bridgehead atoms. The summed E-state index contributed by atoms with van der Waals surface area (Å²) >= 11 is 3.15. The summed E-state index contributed by atoms with van der Waals surface area (Å²) in [7, 11) is 1.36. The standard InChI is InChI=1S/C9H10BrNO4/c1-5(12)6-3-7(10)9(15-2)8(4-6)11(13)14/h3-5,12H,1-2H3. The van der Waals surface area contributed by atoms with Crippen LogP contribution < -0.4 is 4.74 Å². The van der Waals surface area contributed by atoms with Gasteiger partial charge < -0.3 is 9.84 Å². The van der Waals surface area contributed by atoms with Crippen LogP contribution in [0.3, 0.4) is 0 Å². The first-order valence-electron chi connectivity index (χ1n) is 4.17. The Kier molecular flexibility index (Phi) is 3.65. The van der Waals surface area contributed by atoms with Crippen molar-refractivity contribution in [2.45, 2.75) is 13.0 Å². The maximum atomic E-state index is 10.7. The molecule has 1 N–H and O–H groups in total. The third kappa shape index (κ3) is 2.45. The highest BCUT2D eigenvalue weighted by atomic mass is 79.9. The number of aliphatic hydroxyl groups excluding tert-OH is 1. The number of benzene rings is 1. The zero-order valence-electron chi connectivity index (χ0n) is 8.23. The first kappa shape index (κ1) is 11.9. The Morgan fingerprint density at radius 2 is 2.20 bits per heavy atom. The van der Waals surface area contributed by atoms with Gasteiger partial charge in [0.25, 0.3) is 0 Å². The number of aliphatic hydroxyl groups is 1. The number of nitro groups is 1. The van der Waals surface area contributed by atoms with Crippen LogP contribution in [0.2, 0.25) is 0 Å². The van der Waals surface area contributed by atoms with Crippen molar-refractivity contribution in [1.29, 1.82) is 0 Å². The van der Waals surface area contributed by atoms with Gasteiger partial charge in [-0.2, -0.15) is 0 Å². The quantitative estimate of drug-likeness (QED) is 0.679. The molecular formula is C9H10BrNO4. The van der Waals surface area contributed by atoms with Gasteiger partial charge >= 0.3 is 5.69 Å². The molecule has 0 aliphatic carbocycles. The van der Waals surface area contributed by atoms with Crippen LogP contribution in [0.5, 0.6) is 5.75 Å². The maximum Gasteiger partial charge on any atom is 0.312 e. The van der Waals surface area contributed by atoms with Gasteiger partial charge in [0.2, 0.25) is 5.75 Å². The predicted molar refractivity (Wildman–Crippen MR) is 58.0 cm³/mol. The number of nitro benzene ring substituents is 1. The Labute approximate surface area is 95.0 Å². The van der Waals surface area contributed by atoms with E-state index in [1.54, 1.807) is 6.07 Å². The number of hydrogen-bond donors (Lipinski definition) is 1. The van der Waals surface area contributed by atoms with E-state index in [1.807, 2.05) is 0 Å². The van der Waals surface area contributed by atoms with Gasteiger partial charge in [0.15, 0.2) is 0 Å². The van der Waals surface area contributed by atoms with Crippen LogP contribution in [-0.2, 0) is 0 Å². The van der Waals surface area contributed by atoms with Crippen molar-refractivity contribution in [1.82, 2.24) is 0 Å². The Morgan fingerprint density at radius 1 is 1.60 bits per heavy atom. The maximum absolute atomic E-state index is 10.7. The summed E-state index contributed by atoms with van der Waals surface area (Å²) in [6.07, 6.45) is -0.758. The second-order valence-electron chi connectivity index (χ2n) is 2.99. The van der Waals surface area contributed by atoms with Crippen LogP contribution >= 0.6 is 15.9 Å². The normalized spacial score (nSPS) is 12.3. The Hall–Kier alpha value is -1.14. The van der Waals surface area contributed by atoms with Crippen LogP contribution in [0.15, 0.2) is 16.6 Å². The van der Waals surface area contributed by atoms with E-state index in [0.29, 0.717) is 10.0 Å². The molecule has 0 fully saturated rings. The molecular weight excluding hydrogens is 266 g/mol. The summed E-state index contributed by atoms with van der Waals surface area (Å²) in [6, 6.07) is 2.89. The zero-order valence-corrected chi connectivity index (χ0v) is 9.82. The van der Waals surface area contributed by atoms with Crippen molar-refractivity contribution in [3.63, 3.8) is 0 Å². The molecule has 5 nitrogen and oxygen atoms in total. The molecule has 82 valence electrons. The number of methoxy groups -OCH3 is 1. The van der Waals surface area contributed by atoms with E-state index < -0.39 is 11.0 Å². The first-order chi connectivity index (χ1) is 6.97. The average Bonchev–Trinajstić information content (AvgIpc) is 2.16. The third-order valence-corrected chi connectivity index (χ3v) is 2.52. The molecule has 0 saturated heterocycles. The smallest absolute Gasteiger partial charge is 0.312 e. The molecule has 15 heavy (non-hydrogen) atoms. The SMILES string of the molecule is COc1c(Br)cc(C(C)O)cc1[N+](=O)[O-]. The lowest BCUT2D eigenvalue weighted by molar-refractivity contribution is -0.385. The molecule has 0 spiro atoms. The van der Waals surface area contributed by atoms with Crippen molar-refractivity contribution >= 4 is 21.6 Å². The minimum atomic E-state index is -0.758. The minimum absolute atomic E-state index is 0.157. The lowest BCUT2D eigenvalue weighted by atomic mass is 10.1. The fourth-order valence-electron chi connectivity index (χ4n) is 1.18. The van der Waals surface area contributed by atoms with Gasteiger partial charge in [0, 0.05) is 6.07 Å². The molecule has 0 aliphatic heterocycles. The highest BCUT2D eigenvalue weighted by molar-refractivity contribution is 9.10. The summed E-state index contributed by atoms with van der Waals surface area (Å²) in [5.74, 6) is 0.157. The van der Waals surface area contributed by atoms with Gasteiger partial charge in [0.05, 0.1) is 22.6 Å². The number of hydrogen-bond acceptors (Lipinski definition) is 4. The van der Waals surface area contributed by atoms with Crippen molar-refractivity contribution in [2.24, 2.45) is 0 Å². The fraction of sp³-hybridized carbons (Fsp3) is 0.333. The van der Waals surface area contributed by atoms with E-state index in [9.17, 15) is 15.2 Å². The highest BCUT2D eigenvalue weighted by Crippen LogP contribution is 2.37. The molecule has 1 rings (SSSR count). The summed E-state index contributed by atoms with van der Waals surface area (Å²) < 4.78 is 5.36. The number of rotatable bonds is 3. The topological polar surface area (TPSA) is 72.6 Å². The lowest BCUT2D eigenvalue weighted by Crippen LogP contribution is -1.98. The minimum Gasteiger partial charge on any atom is -0.489 e. The van der Waals surface area contributed by atoms with Crippen molar-refractivity contribution < 1.29 is 14.8 Å².